The maximum absolute atomic E-state index is 13.2. The van der Waals surface area contributed by atoms with Crippen molar-refractivity contribution in [3.8, 4) is 0 Å². The van der Waals surface area contributed by atoms with Gasteiger partial charge in [-0.15, -0.1) is 0 Å². The summed E-state index contributed by atoms with van der Waals surface area (Å²) in [6.07, 6.45) is 2.88. The third-order valence-corrected chi connectivity index (χ3v) is 4.55. The van der Waals surface area contributed by atoms with Crippen LogP contribution in [0.3, 0.4) is 0 Å². The van der Waals surface area contributed by atoms with E-state index in [0.29, 0.717) is 29.6 Å². The minimum absolute atomic E-state index is 0.313. The summed E-state index contributed by atoms with van der Waals surface area (Å²) in [5.41, 5.74) is 1.08. The third kappa shape index (κ3) is 3.56. The summed E-state index contributed by atoms with van der Waals surface area (Å²) in [4.78, 5) is 6.32. The minimum Gasteiger partial charge on any atom is -0.423 e. The standard InChI is InChI=1S/C14H18FN3O3S/c1-22(19,20)16-9-10-4-6-18(7-5-10)14-17-12-8-11(15)2-3-13(12)21-14/h2-3,8,10,16H,4-7,9H2,1H3. The van der Waals surface area contributed by atoms with E-state index in [0.717, 1.165) is 25.9 Å². The predicted molar refractivity (Wildman–Crippen MR) is 81.8 cm³/mol. The number of oxazole rings is 1. The van der Waals surface area contributed by atoms with E-state index in [1.165, 1.54) is 18.4 Å². The van der Waals surface area contributed by atoms with Crippen LogP contribution in [0.1, 0.15) is 12.8 Å². The fraction of sp³-hybridized carbons (Fsp3) is 0.500. The maximum Gasteiger partial charge on any atom is 0.298 e. The number of hydrogen-bond donors (Lipinski definition) is 1. The average Bonchev–Trinajstić information content (AvgIpc) is 2.88. The zero-order valence-corrected chi connectivity index (χ0v) is 13.1. The summed E-state index contributed by atoms with van der Waals surface area (Å²) in [6.45, 7) is 1.95. The molecule has 0 unspecified atom stereocenters. The van der Waals surface area contributed by atoms with Gasteiger partial charge in [0.15, 0.2) is 5.58 Å². The molecule has 0 atom stereocenters. The van der Waals surface area contributed by atoms with Crippen LogP contribution in [-0.4, -0.2) is 39.3 Å². The molecule has 0 amide bonds. The van der Waals surface area contributed by atoms with Crippen molar-refractivity contribution in [1.82, 2.24) is 9.71 Å². The van der Waals surface area contributed by atoms with Crippen LogP contribution in [0.5, 0.6) is 0 Å². The summed E-state index contributed by atoms with van der Waals surface area (Å²) in [5, 5.41) is 0. The normalized spacial score (nSPS) is 17.3. The molecule has 0 radical (unpaired) electrons. The molecule has 1 N–H and O–H groups in total. The maximum atomic E-state index is 13.2. The van der Waals surface area contributed by atoms with Crippen molar-refractivity contribution in [2.24, 2.45) is 5.92 Å². The van der Waals surface area contributed by atoms with E-state index in [1.54, 1.807) is 6.07 Å². The van der Waals surface area contributed by atoms with Gasteiger partial charge in [0.1, 0.15) is 11.3 Å². The molecular formula is C14H18FN3O3S. The molecule has 1 aromatic heterocycles. The SMILES string of the molecule is CS(=O)(=O)NCC1CCN(c2nc3cc(F)ccc3o2)CC1. The molecule has 0 bridgehead atoms. The van der Waals surface area contributed by atoms with Crippen molar-refractivity contribution in [2.75, 3.05) is 30.8 Å². The van der Waals surface area contributed by atoms with Gasteiger partial charge in [-0.25, -0.2) is 17.5 Å². The summed E-state index contributed by atoms with van der Waals surface area (Å²) in [5.74, 6) is -0.0225. The zero-order valence-electron chi connectivity index (χ0n) is 12.3. The average molecular weight is 327 g/mol. The second-order valence-electron chi connectivity index (χ2n) is 5.66. The lowest BCUT2D eigenvalue weighted by molar-refractivity contribution is 0.388. The smallest absolute Gasteiger partial charge is 0.298 e. The third-order valence-electron chi connectivity index (χ3n) is 3.86. The van der Waals surface area contributed by atoms with Crippen molar-refractivity contribution < 1.29 is 17.2 Å². The van der Waals surface area contributed by atoms with Gasteiger partial charge in [-0.2, -0.15) is 4.98 Å². The molecule has 120 valence electrons. The van der Waals surface area contributed by atoms with Gasteiger partial charge in [0.05, 0.1) is 6.26 Å². The molecule has 22 heavy (non-hydrogen) atoms. The number of halogens is 1. The Hall–Kier alpha value is -1.67. The number of anilines is 1. The number of fused-ring (bicyclic) bond motifs is 1. The van der Waals surface area contributed by atoms with E-state index in [-0.39, 0.29) is 5.82 Å². The first-order chi connectivity index (χ1) is 10.4. The lowest BCUT2D eigenvalue weighted by atomic mass is 9.97. The largest absolute Gasteiger partial charge is 0.423 e. The highest BCUT2D eigenvalue weighted by atomic mass is 32.2. The van der Waals surface area contributed by atoms with Crippen molar-refractivity contribution in [3.05, 3.63) is 24.0 Å². The Kier molecular flexibility index (Phi) is 4.05. The Bertz CT molecular complexity index is 767. The van der Waals surface area contributed by atoms with Crippen molar-refractivity contribution in [2.45, 2.75) is 12.8 Å². The minimum atomic E-state index is -3.14. The van der Waals surface area contributed by atoms with Gasteiger partial charge in [-0.05, 0) is 30.9 Å². The van der Waals surface area contributed by atoms with Gasteiger partial charge in [0.25, 0.3) is 6.01 Å². The topological polar surface area (TPSA) is 75.4 Å². The van der Waals surface area contributed by atoms with Crippen LogP contribution in [-0.2, 0) is 10.0 Å². The number of nitrogens with zero attached hydrogens (tertiary/aromatic N) is 2. The molecule has 0 saturated carbocycles. The second-order valence-corrected chi connectivity index (χ2v) is 7.49. The zero-order chi connectivity index (χ0) is 15.7. The van der Waals surface area contributed by atoms with Gasteiger partial charge in [0, 0.05) is 25.7 Å². The Morgan fingerprint density at radius 2 is 2.14 bits per heavy atom. The van der Waals surface area contributed by atoms with Crippen molar-refractivity contribution in [1.29, 1.82) is 0 Å². The molecule has 0 spiro atoms. The fourth-order valence-corrected chi connectivity index (χ4v) is 3.16. The van der Waals surface area contributed by atoms with Crippen LogP contribution < -0.4 is 9.62 Å². The molecule has 1 aromatic carbocycles. The van der Waals surface area contributed by atoms with E-state index in [1.807, 2.05) is 4.90 Å². The monoisotopic (exact) mass is 327 g/mol. The van der Waals surface area contributed by atoms with Crippen LogP contribution in [0.4, 0.5) is 10.4 Å². The van der Waals surface area contributed by atoms with Crippen LogP contribution in [0.25, 0.3) is 11.1 Å². The van der Waals surface area contributed by atoms with E-state index in [2.05, 4.69) is 9.71 Å². The van der Waals surface area contributed by atoms with Gasteiger partial charge >= 0.3 is 0 Å². The lowest BCUT2D eigenvalue weighted by Crippen LogP contribution is -2.38. The lowest BCUT2D eigenvalue weighted by Gasteiger charge is -2.30. The van der Waals surface area contributed by atoms with Crippen molar-refractivity contribution in [3.63, 3.8) is 0 Å². The molecule has 6 nitrogen and oxygen atoms in total. The predicted octanol–water partition coefficient (Wildman–Crippen LogP) is 1.73. The summed E-state index contributed by atoms with van der Waals surface area (Å²) in [6, 6.07) is 4.77. The summed E-state index contributed by atoms with van der Waals surface area (Å²) in [7, 11) is -3.14. The first kappa shape index (κ1) is 15.2. The number of piperidine rings is 1. The highest BCUT2D eigenvalue weighted by Gasteiger charge is 2.23. The van der Waals surface area contributed by atoms with Crippen LogP contribution in [0.15, 0.2) is 22.6 Å². The van der Waals surface area contributed by atoms with Gasteiger partial charge < -0.3 is 9.32 Å². The molecule has 8 heteroatoms. The Labute approximate surface area is 128 Å². The van der Waals surface area contributed by atoms with E-state index >= 15 is 0 Å². The Morgan fingerprint density at radius 1 is 1.41 bits per heavy atom. The fourth-order valence-electron chi connectivity index (χ4n) is 2.62. The number of hydrogen-bond acceptors (Lipinski definition) is 5. The van der Waals surface area contributed by atoms with Gasteiger partial charge in [0.2, 0.25) is 10.0 Å². The van der Waals surface area contributed by atoms with Crippen LogP contribution in [0.2, 0.25) is 0 Å². The molecule has 1 saturated heterocycles. The van der Waals surface area contributed by atoms with E-state index in [4.69, 9.17) is 4.42 Å². The first-order valence-electron chi connectivity index (χ1n) is 7.16. The summed E-state index contributed by atoms with van der Waals surface area (Å²) < 4.78 is 43.6. The molecular weight excluding hydrogens is 309 g/mol. The highest BCUT2D eigenvalue weighted by Crippen LogP contribution is 2.26. The number of benzene rings is 1. The Morgan fingerprint density at radius 3 is 2.82 bits per heavy atom. The second kappa shape index (κ2) is 5.85. The Balaban J connectivity index is 1.62. The number of aromatic nitrogens is 1. The summed E-state index contributed by atoms with van der Waals surface area (Å²) >= 11 is 0. The van der Waals surface area contributed by atoms with E-state index < -0.39 is 10.0 Å². The highest BCUT2D eigenvalue weighted by molar-refractivity contribution is 7.88. The number of nitrogens with one attached hydrogen (secondary N) is 1. The van der Waals surface area contributed by atoms with E-state index in [9.17, 15) is 12.8 Å². The quantitative estimate of drug-likeness (QED) is 0.925. The van der Waals surface area contributed by atoms with Gasteiger partial charge in [-0.1, -0.05) is 0 Å². The van der Waals surface area contributed by atoms with Gasteiger partial charge in [-0.3, -0.25) is 0 Å². The number of sulfonamides is 1. The molecule has 1 fully saturated rings. The first-order valence-corrected chi connectivity index (χ1v) is 9.05. The molecule has 3 rings (SSSR count). The molecule has 2 heterocycles. The number of rotatable bonds is 4. The molecule has 1 aliphatic heterocycles. The van der Waals surface area contributed by atoms with Crippen LogP contribution >= 0.6 is 0 Å². The van der Waals surface area contributed by atoms with Crippen LogP contribution in [0, 0.1) is 11.7 Å². The molecule has 1 aliphatic rings. The molecule has 0 aliphatic carbocycles. The van der Waals surface area contributed by atoms with Crippen molar-refractivity contribution >= 4 is 27.1 Å². The molecule has 2 aromatic rings.